The number of rotatable bonds is 5. The zero-order valence-corrected chi connectivity index (χ0v) is 12.6. The topological polar surface area (TPSA) is 41.1 Å². The summed E-state index contributed by atoms with van der Waals surface area (Å²) in [6.45, 7) is 11.9. The second-order valence-electron chi connectivity index (χ2n) is 5.72. The zero-order chi connectivity index (χ0) is 13.8. The highest BCUT2D eigenvalue weighted by Gasteiger charge is 2.23. The van der Waals surface area contributed by atoms with Crippen LogP contribution >= 0.6 is 0 Å². The summed E-state index contributed by atoms with van der Waals surface area (Å²) < 4.78 is 0. The summed E-state index contributed by atoms with van der Waals surface area (Å²) in [6, 6.07) is 2.70. The van der Waals surface area contributed by atoms with Gasteiger partial charge in [0.2, 0.25) is 0 Å². The summed E-state index contributed by atoms with van der Waals surface area (Å²) in [4.78, 5) is 11.8. The first-order valence-electron chi connectivity index (χ1n) is 7.44. The van der Waals surface area contributed by atoms with Gasteiger partial charge < -0.3 is 10.2 Å². The van der Waals surface area contributed by atoms with Gasteiger partial charge >= 0.3 is 0 Å². The molecule has 0 spiro atoms. The normalized spacial score (nSPS) is 19.1. The van der Waals surface area contributed by atoms with Crippen LogP contribution in [-0.4, -0.2) is 35.6 Å². The second-order valence-corrected chi connectivity index (χ2v) is 5.72. The van der Waals surface area contributed by atoms with Gasteiger partial charge in [0, 0.05) is 36.8 Å². The monoisotopic (exact) mass is 262 g/mol. The largest absolute Gasteiger partial charge is 0.352 e. The smallest absolute Gasteiger partial charge is 0.133 e. The molecule has 1 aromatic heterocycles. The molecule has 1 atom stereocenters. The van der Waals surface area contributed by atoms with Crippen LogP contribution in [0, 0.1) is 6.92 Å². The Labute approximate surface area is 116 Å². The van der Waals surface area contributed by atoms with Crippen LogP contribution in [0.15, 0.2) is 6.07 Å². The van der Waals surface area contributed by atoms with Crippen molar-refractivity contribution in [3.63, 3.8) is 0 Å². The van der Waals surface area contributed by atoms with E-state index in [0.717, 1.165) is 43.4 Å². The van der Waals surface area contributed by atoms with E-state index in [4.69, 9.17) is 4.98 Å². The molecule has 0 aromatic carbocycles. The molecule has 1 aliphatic rings. The van der Waals surface area contributed by atoms with Gasteiger partial charge in [-0.3, -0.25) is 0 Å². The number of aromatic nitrogens is 2. The summed E-state index contributed by atoms with van der Waals surface area (Å²) in [5.41, 5.74) is 1.07. The van der Waals surface area contributed by atoms with Gasteiger partial charge in [-0.1, -0.05) is 20.8 Å². The minimum Gasteiger partial charge on any atom is -0.352 e. The van der Waals surface area contributed by atoms with E-state index in [1.165, 1.54) is 6.42 Å². The molecule has 106 valence electrons. The summed E-state index contributed by atoms with van der Waals surface area (Å²) in [6.07, 6.45) is 2.36. The Morgan fingerprint density at radius 1 is 1.42 bits per heavy atom. The molecule has 4 nitrogen and oxygen atoms in total. The number of hydrogen-bond donors (Lipinski definition) is 1. The first-order chi connectivity index (χ1) is 9.11. The lowest BCUT2D eigenvalue weighted by atomic mass is 10.2. The van der Waals surface area contributed by atoms with E-state index in [1.807, 2.05) is 0 Å². The quantitative estimate of drug-likeness (QED) is 0.885. The first-order valence-corrected chi connectivity index (χ1v) is 7.44. The molecule has 19 heavy (non-hydrogen) atoms. The predicted octanol–water partition coefficient (Wildman–Crippen LogP) is 2.49. The molecule has 1 aromatic rings. The molecule has 4 heteroatoms. The van der Waals surface area contributed by atoms with Crippen LogP contribution in [0.5, 0.6) is 0 Å². The fourth-order valence-electron chi connectivity index (χ4n) is 2.61. The summed E-state index contributed by atoms with van der Waals surface area (Å²) >= 11 is 0. The maximum atomic E-state index is 4.78. The average Bonchev–Trinajstić information content (AvgIpc) is 2.88. The molecular weight excluding hydrogens is 236 g/mol. The Bertz CT molecular complexity index is 411. The van der Waals surface area contributed by atoms with Gasteiger partial charge in [-0.15, -0.1) is 0 Å². The van der Waals surface area contributed by atoms with Crippen molar-refractivity contribution in [2.75, 3.05) is 24.5 Å². The minimum absolute atomic E-state index is 0.379. The highest BCUT2D eigenvalue weighted by atomic mass is 15.2. The van der Waals surface area contributed by atoms with E-state index in [1.54, 1.807) is 0 Å². The van der Waals surface area contributed by atoms with Crippen LogP contribution < -0.4 is 10.2 Å². The Hall–Kier alpha value is -1.16. The molecule has 1 N–H and O–H groups in total. The van der Waals surface area contributed by atoms with Crippen LogP contribution in [0.4, 0.5) is 5.82 Å². The number of nitrogens with zero attached hydrogens (tertiary/aromatic N) is 3. The third-order valence-corrected chi connectivity index (χ3v) is 3.61. The summed E-state index contributed by atoms with van der Waals surface area (Å²) in [5.74, 6) is 2.44. The fourth-order valence-corrected chi connectivity index (χ4v) is 2.61. The maximum absolute atomic E-state index is 4.78. The Kier molecular flexibility index (Phi) is 4.75. The van der Waals surface area contributed by atoms with E-state index >= 15 is 0 Å². The van der Waals surface area contributed by atoms with Crippen LogP contribution in [-0.2, 0) is 0 Å². The van der Waals surface area contributed by atoms with Crippen molar-refractivity contribution < 1.29 is 0 Å². The number of nitrogens with one attached hydrogen (secondary N) is 1. The molecule has 0 saturated carbocycles. The van der Waals surface area contributed by atoms with Gasteiger partial charge in [0.1, 0.15) is 11.6 Å². The van der Waals surface area contributed by atoms with Crippen LogP contribution in [0.3, 0.4) is 0 Å². The average molecular weight is 262 g/mol. The van der Waals surface area contributed by atoms with Crippen molar-refractivity contribution >= 4 is 5.82 Å². The van der Waals surface area contributed by atoms with Crippen molar-refractivity contribution in [2.24, 2.45) is 0 Å². The highest BCUT2D eigenvalue weighted by molar-refractivity contribution is 5.41. The van der Waals surface area contributed by atoms with Gasteiger partial charge in [0.05, 0.1) is 0 Å². The molecular formula is C15H26N4. The van der Waals surface area contributed by atoms with Crippen LogP contribution in [0.25, 0.3) is 0 Å². The van der Waals surface area contributed by atoms with E-state index in [-0.39, 0.29) is 0 Å². The number of hydrogen-bond acceptors (Lipinski definition) is 4. The van der Waals surface area contributed by atoms with Gasteiger partial charge in [0.25, 0.3) is 0 Å². The molecule has 2 rings (SSSR count). The van der Waals surface area contributed by atoms with Gasteiger partial charge in [-0.05, 0) is 26.3 Å². The minimum atomic E-state index is 0.379. The molecule has 1 saturated heterocycles. The number of aryl methyl sites for hydroxylation is 1. The molecule has 2 heterocycles. The molecule has 0 radical (unpaired) electrons. The Morgan fingerprint density at radius 2 is 2.21 bits per heavy atom. The van der Waals surface area contributed by atoms with Gasteiger partial charge in [-0.2, -0.15) is 0 Å². The number of anilines is 1. The first kappa shape index (κ1) is 14.3. The highest BCUT2D eigenvalue weighted by Crippen LogP contribution is 2.21. The molecule has 1 unspecified atom stereocenters. The van der Waals surface area contributed by atoms with Crippen molar-refractivity contribution in [3.05, 3.63) is 17.6 Å². The maximum Gasteiger partial charge on any atom is 0.133 e. The third kappa shape index (κ3) is 3.44. The zero-order valence-electron chi connectivity index (χ0n) is 12.6. The van der Waals surface area contributed by atoms with E-state index in [0.29, 0.717) is 12.0 Å². The Morgan fingerprint density at radius 3 is 2.79 bits per heavy atom. The van der Waals surface area contributed by atoms with Gasteiger partial charge in [0.15, 0.2) is 0 Å². The van der Waals surface area contributed by atoms with Crippen LogP contribution in [0.2, 0.25) is 0 Å². The molecule has 1 fully saturated rings. The second kappa shape index (κ2) is 6.33. The van der Waals surface area contributed by atoms with Crippen molar-refractivity contribution in [3.8, 4) is 0 Å². The molecule has 0 amide bonds. The summed E-state index contributed by atoms with van der Waals surface area (Å²) in [5, 5.41) is 3.45. The molecule has 0 aliphatic carbocycles. The van der Waals surface area contributed by atoms with E-state index < -0.39 is 0 Å². The predicted molar refractivity (Wildman–Crippen MR) is 79.8 cm³/mol. The SMILES string of the molecule is CCCN(c1cc(C)nc(C(C)C)n1)C1CCNC1. The summed E-state index contributed by atoms with van der Waals surface area (Å²) in [7, 11) is 0. The lowest BCUT2D eigenvalue weighted by molar-refractivity contribution is 0.612. The lowest BCUT2D eigenvalue weighted by Crippen LogP contribution is -2.38. The molecule has 0 bridgehead atoms. The standard InChI is InChI=1S/C15H26N4/c1-5-8-19(13-6-7-16-10-13)14-9-12(4)17-15(18-14)11(2)3/h9,11,13,16H,5-8,10H2,1-4H3. The van der Waals surface area contributed by atoms with Gasteiger partial charge in [-0.25, -0.2) is 9.97 Å². The Balaban J connectivity index is 2.29. The fraction of sp³-hybridized carbons (Fsp3) is 0.733. The molecule has 1 aliphatic heterocycles. The van der Waals surface area contributed by atoms with Crippen molar-refractivity contribution in [2.45, 2.75) is 52.5 Å². The third-order valence-electron chi connectivity index (χ3n) is 3.61. The van der Waals surface area contributed by atoms with E-state index in [2.05, 4.69) is 49.0 Å². The van der Waals surface area contributed by atoms with E-state index in [9.17, 15) is 0 Å². The van der Waals surface area contributed by atoms with Crippen molar-refractivity contribution in [1.29, 1.82) is 0 Å². The van der Waals surface area contributed by atoms with Crippen molar-refractivity contribution in [1.82, 2.24) is 15.3 Å². The lowest BCUT2D eigenvalue weighted by Gasteiger charge is -2.30. The van der Waals surface area contributed by atoms with Crippen LogP contribution in [0.1, 0.15) is 51.0 Å².